The van der Waals surface area contributed by atoms with E-state index in [1.165, 1.54) is 0 Å². The van der Waals surface area contributed by atoms with Gasteiger partial charge in [-0.25, -0.2) is 0 Å². The third kappa shape index (κ3) is 2.48. The molecule has 0 heterocycles. The van der Waals surface area contributed by atoms with Gasteiger partial charge < -0.3 is 0 Å². The average molecular weight is 298 g/mol. The van der Waals surface area contributed by atoms with E-state index in [1.54, 1.807) is 24.3 Å². The zero-order valence-electron chi connectivity index (χ0n) is 6.73. The maximum absolute atomic E-state index is 11.5. The Hall–Kier alpha value is -0.0404. The predicted octanol–water partition coefficient (Wildman–Crippen LogP) is 1.52. The standard InChI is InChI=1S/C8H10O2STe/c1-2-12-11(9,10)8-6-4-3-5-7-8/h3-7H,2H2,1H3. The van der Waals surface area contributed by atoms with Crippen LogP contribution in [-0.4, -0.2) is 28.0 Å². The second-order valence-corrected chi connectivity index (χ2v) is 11.2. The Balaban J connectivity index is 2.99. The zero-order chi connectivity index (χ0) is 9.03. The van der Waals surface area contributed by atoms with E-state index in [2.05, 4.69) is 0 Å². The van der Waals surface area contributed by atoms with Crippen molar-refractivity contribution in [2.75, 3.05) is 0 Å². The first-order valence-corrected chi connectivity index (χ1v) is 9.52. The maximum atomic E-state index is 11.5. The Morgan fingerprint density at radius 3 is 2.33 bits per heavy atom. The molecular formula is C8H10O2STe. The Labute approximate surface area is 81.5 Å². The summed E-state index contributed by atoms with van der Waals surface area (Å²) in [6.45, 7) is 1.92. The van der Waals surface area contributed by atoms with E-state index >= 15 is 0 Å². The molecule has 66 valence electrons. The average Bonchev–Trinajstić information content (AvgIpc) is 2.06. The Morgan fingerprint density at radius 1 is 1.25 bits per heavy atom. The topological polar surface area (TPSA) is 34.1 Å². The summed E-state index contributed by atoms with van der Waals surface area (Å²) in [5.41, 5.74) is 0. The van der Waals surface area contributed by atoms with Gasteiger partial charge in [0.15, 0.2) is 0 Å². The van der Waals surface area contributed by atoms with Gasteiger partial charge in [-0.15, -0.1) is 0 Å². The van der Waals surface area contributed by atoms with Crippen LogP contribution >= 0.6 is 0 Å². The fourth-order valence-corrected chi connectivity index (χ4v) is 6.52. The molecule has 0 saturated carbocycles. The van der Waals surface area contributed by atoms with E-state index in [0.29, 0.717) is 4.90 Å². The van der Waals surface area contributed by atoms with Gasteiger partial charge in [0.05, 0.1) is 0 Å². The predicted molar refractivity (Wildman–Crippen MR) is 49.9 cm³/mol. The van der Waals surface area contributed by atoms with Crippen molar-refractivity contribution in [2.45, 2.75) is 16.3 Å². The number of rotatable bonds is 3. The molecule has 0 fully saturated rings. The van der Waals surface area contributed by atoms with Crippen molar-refractivity contribution in [3.05, 3.63) is 30.3 Å². The minimum absolute atomic E-state index is 0.481. The fraction of sp³-hybridized carbons (Fsp3) is 0.250. The number of hydrogen-bond donors (Lipinski definition) is 0. The van der Waals surface area contributed by atoms with E-state index in [9.17, 15) is 8.42 Å². The SMILES string of the molecule is CC[Te]S(=O)(=O)c1ccccc1. The molecule has 0 bridgehead atoms. The third-order valence-electron chi connectivity index (χ3n) is 1.30. The summed E-state index contributed by atoms with van der Waals surface area (Å²) < 4.78 is 23.8. The second kappa shape index (κ2) is 4.27. The Kier molecular flexibility index (Phi) is 3.57. The normalized spacial score (nSPS) is 11.4. The number of benzene rings is 1. The molecule has 1 rings (SSSR count). The van der Waals surface area contributed by atoms with Crippen molar-refractivity contribution in [1.82, 2.24) is 0 Å². The number of hydrogen-bond acceptors (Lipinski definition) is 2. The van der Waals surface area contributed by atoms with E-state index in [4.69, 9.17) is 0 Å². The molecule has 0 radical (unpaired) electrons. The van der Waals surface area contributed by atoms with Crippen LogP contribution in [0.1, 0.15) is 6.92 Å². The van der Waals surface area contributed by atoms with Crippen LogP contribution in [0.5, 0.6) is 0 Å². The first-order chi connectivity index (χ1) is 5.67. The van der Waals surface area contributed by atoms with Crippen LogP contribution < -0.4 is 0 Å². The summed E-state index contributed by atoms with van der Waals surface area (Å²) >= 11 is -0.899. The molecule has 2 nitrogen and oxygen atoms in total. The van der Waals surface area contributed by atoms with Crippen LogP contribution in [0, 0.1) is 0 Å². The summed E-state index contributed by atoms with van der Waals surface area (Å²) in [6.07, 6.45) is 0. The zero-order valence-corrected chi connectivity index (χ0v) is 9.87. The van der Waals surface area contributed by atoms with Crippen molar-refractivity contribution in [3.63, 3.8) is 0 Å². The molecule has 1 aromatic rings. The van der Waals surface area contributed by atoms with Crippen LogP contribution in [0.2, 0.25) is 4.47 Å². The molecular weight excluding hydrogens is 288 g/mol. The van der Waals surface area contributed by atoms with Crippen LogP contribution in [0.15, 0.2) is 35.2 Å². The molecule has 0 atom stereocenters. The molecule has 0 aliphatic rings. The molecule has 0 N–H and O–H groups in total. The molecule has 0 spiro atoms. The Bertz CT molecular complexity index is 331. The van der Waals surface area contributed by atoms with Gasteiger partial charge in [0.2, 0.25) is 0 Å². The van der Waals surface area contributed by atoms with Gasteiger partial charge in [0.25, 0.3) is 0 Å². The van der Waals surface area contributed by atoms with E-state index in [-0.39, 0.29) is 0 Å². The van der Waals surface area contributed by atoms with E-state index < -0.39 is 26.6 Å². The quantitative estimate of drug-likeness (QED) is 0.793. The van der Waals surface area contributed by atoms with Crippen LogP contribution in [-0.2, 0) is 7.07 Å². The molecule has 0 aromatic heterocycles. The molecule has 0 amide bonds. The molecule has 1 aromatic carbocycles. The summed E-state index contributed by atoms with van der Waals surface area (Å²) in [5.74, 6) is 0. The summed E-state index contributed by atoms with van der Waals surface area (Å²) in [7, 11) is -2.88. The second-order valence-electron chi connectivity index (χ2n) is 2.17. The van der Waals surface area contributed by atoms with Gasteiger partial charge in [-0.3, -0.25) is 0 Å². The van der Waals surface area contributed by atoms with Crippen molar-refractivity contribution >= 4 is 26.6 Å². The molecule has 0 aliphatic carbocycles. The van der Waals surface area contributed by atoms with Gasteiger partial charge >= 0.3 is 81.7 Å². The van der Waals surface area contributed by atoms with Crippen LogP contribution in [0.25, 0.3) is 0 Å². The van der Waals surface area contributed by atoms with E-state index in [1.807, 2.05) is 13.0 Å². The van der Waals surface area contributed by atoms with Crippen molar-refractivity contribution in [1.29, 1.82) is 0 Å². The van der Waals surface area contributed by atoms with Crippen molar-refractivity contribution < 1.29 is 8.42 Å². The van der Waals surface area contributed by atoms with Crippen molar-refractivity contribution in [2.24, 2.45) is 0 Å². The van der Waals surface area contributed by atoms with Crippen molar-refractivity contribution in [3.8, 4) is 0 Å². The Morgan fingerprint density at radius 2 is 1.83 bits per heavy atom. The van der Waals surface area contributed by atoms with Gasteiger partial charge in [-0.05, 0) is 0 Å². The monoisotopic (exact) mass is 300 g/mol. The van der Waals surface area contributed by atoms with Gasteiger partial charge in [-0.1, -0.05) is 0 Å². The molecule has 0 aliphatic heterocycles. The van der Waals surface area contributed by atoms with Gasteiger partial charge in [0, 0.05) is 0 Å². The fourth-order valence-electron chi connectivity index (χ4n) is 0.810. The molecule has 0 saturated heterocycles. The van der Waals surface area contributed by atoms with Gasteiger partial charge in [0.1, 0.15) is 0 Å². The summed E-state index contributed by atoms with van der Waals surface area (Å²) in [5, 5.41) is 0. The molecule has 12 heavy (non-hydrogen) atoms. The van der Waals surface area contributed by atoms with Crippen LogP contribution in [0.4, 0.5) is 0 Å². The van der Waals surface area contributed by atoms with E-state index in [0.717, 1.165) is 4.47 Å². The molecule has 0 unspecified atom stereocenters. The minimum atomic E-state index is -2.88. The first-order valence-electron chi connectivity index (χ1n) is 3.61. The third-order valence-corrected chi connectivity index (χ3v) is 9.02. The molecule has 4 heteroatoms. The van der Waals surface area contributed by atoms with Gasteiger partial charge in [-0.2, -0.15) is 0 Å². The van der Waals surface area contributed by atoms with Crippen LogP contribution in [0.3, 0.4) is 0 Å². The summed E-state index contributed by atoms with van der Waals surface area (Å²) in [4.78, 5) is 0.481. The first kappa shape index (κ1) is 10.0. The summed E-state index contributed by atoms with van der Waals surface area (Å²) in [6, 6.07) is 8.67.